The monoisotopic (exact) mass is 279 g/mol. The molecule has 18 heavy (non-hydrogen) atoms. The maximum Gasteiger partial charge on any atom is 0.0576 e. The zero-order chi connectivity index (χ0) is 13.1. The van der Waals surface area contributed by atoms with Gasteiger partial charge in [-0.25, -0.2) is 0 Å². The molecule has 0 saturated carbocycles. The average Bonchev–Trinajstić information content (AvgIpc) is 2.35. The van der Waals surface area contributed by atoms with Crippen LogP contribution in [0, 0.1) is 6.92 Å². The molecule has 3 heteroatoms. The maximum absolute atomic E-state index is 5.99. The van der Waals surface area contributed by atoms with Gasteiger partial charge in [0.2, 0.25) is 0 Å². The number of hydrogen-bond acceptors (Lipinski definition) is 1. The lowest BCUT2D eigenvalue weighted by Crippen LogP contribution is -2.18. The highest BCUT2D eigenvalue weighted by Crippen LogP contribution is 2.27. The van der Waals surface area contributed by atoms with Gasteiger partial charge in [0.15, 0.2) is 0 Å². The van der Waals surface area contributed by atoms with E-state index in [9.17, 15) is 0 Å². The molecule has 1 N–H and O–H groups in total. The Labute approximate surface area is 118 Å². The van der Waals surface area contributed by atoms with Gasteiger partial charge in [0.1, 0.15) is 0 Å². The summed E-state index contributed by atoms with van der Waals surface area (Å²) in [6.07, 6.45) is 0. The molecule has 1 nitrogen and oxygen atoms in total. The van der Waals surface area contributed by atoms with Crippen molar-refractivity contribution in [3.05, 3.63) is 69.2 Å². The first kappa shape index (κ1) is 13.4. The molecule has 2 aromatic rings. The van der Waals surface area contributed by atoms with Crippen molar-refractivity contribution >= 4 is 23.2 Å². The first-order valence-corrected chi connectivity index (χ1v) is 6.56. The summed E-state index contributed by atoms with van der Waals surface area (Å²) in [5.74, 6) is 0. The van der Waals surface area contributed by atoms with Crippen LogP contribution in [0.3, 0.4) is 0 Å². The lowest BCUT2D eigenvalue weighted by molar-refractivity contribution is 0.687. The van der Waals surface area contributed by atoms with Crippen LogP contribution < -0.4 is 5.32 Å². The zero-order valence-electron chi connectivity index (χ0n) is 10.4. The highest BCUT2D eigenvalue weighted by atomic mass is 35.5. The second-order valence-corrected chi connectivity index (χ2v) is 5.15. The van der Waals surface area contributed by atoms with Crippen molar-refractivity contribution in [3.8, 4) is 0 Å². The summed E-state index contributed by atoms with van der Waals surface area (Å²) in [5, 5.41) is 4.85. The highest BCUT2D eigenvalue weighted by Gasteiger charge is 2.14. The minimum atomic E-state index is 0.152. The van der Waals surface area contributed by atoms with Crippen LogP contribution in [0.15, 0.2) is 42.5 Å². The molecule has 1 atom stereocenters. The summed E-state index contributed by atoms with van der Waals surface area (Å²) >= 11 is 11.9. The summed E-state index contributed by atoms with van der Waals surface area (Å²) in [4.78, 5) is 0. The van der Waals surface area contributed by atoms with Gasteiger partial charge in [-0.3, -0.25) is 0 Å². The summed E-state index contributed by atoms with van der Waals surface area (Å²) in [5.41, 5.74) is 3.59. The number of benzene rings is 2. The number of halogens is 2. The second-order valence-electron chi connectivity index (χ2n) is 4.27. The van der Waals surface area contributed by atoms with Crippen LogP contribution in [-0.2, 0) is 0 Å². The average molecular weight is 280 g/mol. The van der Waals surface area contributed by atoms with Crippen molar-refractivity contribution in [2.45, 2.75) is 13.0 Å². The zero-order valence-corrected chi connectivity index (χ0v) is 11.9. The maximum atomic E-state index is 5.99. The molecule has 0 aliphatic rings. The largest absolute Gasteiger partial charge is 0.309 e. The van der Waals surface area contributed by atoms with Crippen LogP contribution >= 0.6 is 23.2 Å². The second kappa shape index (κ2) is 5.75. The molecule has 0 fully saturated rings. The third kappa shape index (κ3) is 2.86. The first-order valence-electron chi connectivity index (χ1n) is 5.80. The van der Waals surface area contributed by atoms with Crippen LogP contribution in [0.25, 0.3) is 0 Å². The van der Waals surface area contributed by atoms with E-state index < -0.39 is 0 Å². The first-order chi connectivity index (χ1) is 8.61. The minimum Gasteiger partial charge on any atom is -0.309 e. The number of aryl methyl sites for hydroxylation is 1. The third-order valence-corrected chi connectivity index (χ3v) is 3.52. The van der Waals surface area contributed by atoms with E-state index in [1.54, 1.807) is 0 Å². The van der Waals surface area contributed by atoms with Crippen molar-refractivity contribution in [2.75, 3.05) is 7.05 Å². The van der Waals surface area contributed by atoms with E-state index in [0.717, 1.165) is 10.0 Å². The molecule has 2 aromatic carbocycles. The SMILES string of the molecule is CNC(c1ccc(Cl)cc1)c1ccc(Cl)cc1C. The molecule has 0 aromatic heterocycles. The Morgan fingerprint density at radius 3 is 2.11 bits per heavy atom. The van der Waals surface area contributed by atoms with Gasteiger partial charge in [0.25, 0.3) is 0 Å². The van der Waals surface area contributed by atoms with Gasteiger partial charge < -0.3 is 5.32 Å². The van der Waals surface area contributed by atoms with Gasteiger partial charge in [-0.2, -0.15) is 0 Å². The molecule has 0 amide bonds. The van der Waals surface area contributed by atoms with E-state index in [4.69, 9.17) is 23.2 Å². The van der Waals surface area contributed by atoms with Crippen LogP contribution in [-0.4, -0.2) is 7.05 Å². The number of rotatable bonds is 3. The van der Waals surface area contributed by atoms with Crippen LogP contribution in [0.1, 0.15) is 22.7 Å². The van der Waals surface area contributed by atoms with Crippen LogP contribution in [0.4, 0.5) is 0 Å². The Morgan fingerprint density at radius 2 is 1.56 bits per heavy atom. The predicted octanol–water partition coefficient (Wildman–Crippen LogP) is 4.61. The van der Waals surface area contributed by atoms with E-state index in [1.165, 1.54) is 16.7 Å². The van der Waals surface area contributed by atoms with Crippen molar-refractivity contribution in [2.24, 2.45) is 0 Å². The van der Waals surface area contributed by atoms with Crippen LogP contribution in [0.5, 0.6) is 0 Å². The quantitative estimate of drug-likeness (QED) is 0.865. The smallest absolute Gasteiger partial charge is 0.0576 e. The lowest BCUT2D eigenvalue weighted by atomic mass is 9.95. The Kier molecular flexibility index (Phi) is 4.28. The molecule has 0 aliphatic heterocycles. The molecule has 0 bridgehead atoms. The Balaban J connectivity index is 2.41. The fourth-order valence-corrected chi connectivity index (χ4v) is 2.47. The van der Waals surface area contributed by atoms with Gasteiger partial charge in [-0.05, 0) is 54.9 Å². The highest BCUT2D eigenvalue weighted by molar-refractivity contribution is 6.30. The standard InChI is InChI=1S/C15H15Cl2N/c1-10-9-13(17)7-8-14(10)15(18-2)11-3-5-12(16)6-4-11/h3-9,15,18H,1-2H3. The van der Waals surface area contributed by atoms with Gasteiger partial charge in [-0.1, -0.05) is 41.4 Å². The summed E-state index contributed by atoms with van der Waals surface area (Å²) in [7, 11) is 1.95. The lowest BCUT2D eigenvalue weighted by Gasteiger charge is -2.19. The normalized spacial score (nSPS) is 12.4. The van der Waals surface area contributed by atoms with E-state index in [2.05, 4.69) is 18.3 Å². The fourth-order valence-electron chi connectivity index (χ4n) is 2.12. The van der Waals surface area contributed by atoms with Gasteiger partial charge in [-0.15, -0.1) is 0 Å². The summed E-state index contributed by atoms with van der Waals surface area (Å²) in [6.45, 7) is 2.07. The van der Waals surface area contributed by atoms with E-state index in [0.29, 0.717) is 0 Å². The van der Waals surface area contributed by atoms with E-state index in [-0.39, 0.29) is 6.04 Å². The van der Waals surface area contributed by atoms with Gasteiger partial charge in [0, 0.05) is 10.0 Å². The Morgan fingerprint density at radius 1 is 0.944 bits per heavy atom. The van der Waals surface area contributed by atoms with Crippen molar-refractivity contribution < 1.29 is 0 Å². The van der Waals surface area contributed by atoms with Gasteiger partial charge in [0.05, 0.1) is 6.04 Å². The van der Waals surface area contributed by atoms with Crippen molar-refractivity contribution in [1.82, 2.24) is 5.32 Å². The number of nitrogens with one attached hydrogen (secondary N) is 1. The topological polar surface area (TPSA) is 12.0 Å². The molecule has 0 heterocycles. The minimum absolute atomic E-state index is 0.152. The van der Waals surface area contributed by atoms with Crippen molar-refractivity contribution in [3.63, 3.8) is 0 Å². The number of hydrogen-bond donors (Lipinski definition) is 1. The molecule has 0 spiro atoms. The van der Waals surface area contributed by atoms with E-state index in [1.807, 2.05) is 43.4 Å². The Hall–Kier alpha value is -1.02. The van der Waals surface area contributed by atoms with Gasteiger partial charge >= 0.3 is 0 Å². The van der Waals surface area contributed by atoms with E-state index >= 15 is 0 Å². The Bertz CT molecular complexity index is 535. The molecule has 1 unspecified atom stereocenters. The fraction of sp³-hybridized carbons (Fsp3) is 0.200. The third-order valence-electron chi connectivity index (χ3n) is 3.03. The molecular formula is C15H15Cl2N. The predicted molar refractivity (Wildman–Crippen MR) is 78.5 cm³/mol. The summed E-state index contributed by atoms with van der Waals surface area (Å²) < 4.78 is 0. The van der Waals surface area contributed by atoms with Crippen LogP contribution in [0.2, 0.25) is 10.0 Å². The molecule has 0 radical (unpaired) electrons. The summed E-state index contributed by atoms with van der Waals surface area (Å²) in [6, 6.07) is 14.0. The molecular weight excluding hydrogens is 265 g/mol. The molecule has 2 rings (SSSR count). The van der Waals surface area contributed by atoms with Crippen molar-refractivity contribution in [1.29, 1.82) is 0 Å². The molecule has 0 aliphatic carbocycles. The molecule has 94 valence electrons. The molecule has 0 saturated heterocycles.